The minimum absolute atomic E-state index is 0.0128. The highest BCUT2D eigenvalue weighted by Gasteiger charge is 2.31. The van der Waals surface area contributed by atoms with Crippen molar-refractivity contribution in [2.24, 2.45) is 16.8 Å². The van der Waals surface area contributed by atoms with Crippen LogP contribution in [0.2, 0.25) is 0 Å². The lowest BCUT2D eigenvalue weighted by Crippen LogP contribution is -2.25. The van der Waals surface area contributed by atoms with E-state index >= 15 is 0 Å². The van der Waals surface area contributed by atoms with Crippen molar-refractivity contribution in [1.82, 2.24) is 5.43 Å². The van der Waals surface area contributed by atoms with Gasteiger partial charge in [0.15, 0.2) is 5.11 Å². The lowest BCUT2D eigenvalue weighted by Gasteiger charge is -2.04. The van der Waals surface area contributed by atoms with E-state index in [4.69, 9.17) is 10.5 Å². The second kappa shape index (κ2) is 5.06. The highest BCUT2D eigenvalue weighted by molar-refractivity contribution is 7.80. The smallest absolute Gasteiger partial charge is 0.309 e. The predicted molar refractivity (Wildman–Crippen MR) is 61.3 cm³/mol. The third kappa shape index (κ3) is 3.83. The summed E-state index contributed by atoms with van der Waals surface area (Å²) in [5, 5.41) is 4.06. The Morgan fingerprint density at radius 1 is 1.80 bits per heavy atom. The predicted octanol–water partition coefficient (Wildman–Crippen LogP) is 0.537. The van der Waals surface area contributed by atoms with E-state index in [2.05, 4.69) is 22.7 Å². The number of carbonyl (C=O) groups is 1. The van der Waals surface area contributed by atoms with Crippen LogP contribution in [0.4, 0.5) is 0 Å². The van der Waals surface area contributed by atoms with Gasteiger partial charge in [0, 0.05) is 12.1 Å². The fourth-order valence-corrected chi connectivity index (χ4v) is 1.60. The molecular formula is C9H15N3O2S. The summed E-state index contributed by atoms with van der Waals surface area (Å²) in [6, 6.07) is 0. The van der Waals surface area contributed by atoms with Gasteiger partial charge in [-0.05, 0) is 32.5 Å². The lowest BCUT2D eigenvalue weighted by atomic mass is 9.99. The van der Waals surface area contributed by atoms with E-state index in [1.54, 1.807) is 0 Å². The van der Waals surface area contributed by atoms with E-state index in [-0.39, 0.29) is 23.1 Å². The molecule has 0 amide bonds. The first kappa shape index (κ1) is 11.9. The first-order valence-electron chi connectivity index (χ1n) is 4.78. The summed E-state index contributed by atoms with van der Waals surface area (Å²) in [4.78, 5) is 11.3. The molecule has 0 aromatic rings. The first-order chi connectivity index (χ1) is 6.99. The van der Waals surface area contributed by atoms with Gasteiger partial charge in [0.1, 0.15) is 0 Å². The van der Waals surface area contributed by atoms with Gasteiger partial charge in [-0.15, -0.1) is 0 Å². The van der Waals surface area contributed by atoms with Crippen molar-refractivity contribution in [3.05, 3.63) is 0 Å². The molecule has 5 nitrogen and oxygen atoms in total. The van der Waals surface area contributed by atoms with Gasteiger partial charge in [0.05, 0.1) is 12.0 Å². The minimum atomic E-state index is -0.146. The summed E-state index contributed by atoms with van der Waals surface area (Å²) in [6.45, 7) is 3.71. The van der Waals surface area contributed by atoms with Crippen molar-refractivity contribution < 1.29 is 9.53 Å². The highest BCUT2D eigenvalue weighted by Crippen LogP contribution is 2.23. The molecule has 0 aliphatic carbocycles. The first-order valence-corrected chi connectivity index (χ1v) is 5.19. The Bertz CT molecular complexity index is 304. The van der Waals surface area contributed by atoms with E-state index in [9.17, 15) is 4.79 Å². The molecule has 1 aliphatic heterocycles. The van der Waals surface area contributed by atoms with Crippen LogP contribution in [0.25, 0.3) is 0 Å². The molecule has 0 aromatic heterocycles. The third-order valence-electron chi connectivity index (χ3n) is 2.17. The zero-order valence-corrected chi connectivity index (χ0v) is 9.63. The Balaban J connectivity index is 2.44. The Kier molecular flexibility index (Phi) is 4.02. The summed E-state index contributed by atoms with van der Waals surface area (Å²) in [6.07, 6.45) is 1.34. The van der Waals surface area contributed by atoms with Gasteiger partial charge in [0.2, 0.25) is 0 Å². The maximum atomic E-state index is 11.3. The molecule has 1 aliphatic rings. The number of hydrogen-bond donors (Lipinski definition) is 2. The Labute approximate surface area is 94.0 Å². The molecule has 0 bridgehead atoms. The zero-order valence-electron chi connectivity index (χ0n) is 8.82. The van der Waals surface area contributed by atoms with Crippen LogP contribution < -0.4 is 11.2 Å². The van der Waals surface area contributed by atoms with Crippen molar-refractivity contribution in [3.63, 3.8) is 0 Å². The van der Waals surface area contributed by atoms with Gasteiger partial charge >= 0.3 is 5.97 Å². The highest BCUT2D eigenvalue weighted by atomic mass is 32.1. The van der Waals surface area contributed by atoms with Gasteiger partial charge in [-0.3, -0.25) is 10.2 Å². The van der Waals surface area contributed by atoms with Crippen LogP contribution in [-0.4, -0.2) is 22.9 Å². The Hall–Kier alpha value is -1.17. The summed E-state index contributed by atoms with van der Waals surface area (Å²) in [5.74, 6) is -0.232. The number of hydrogen-bond acceptors (Lipinski definition) is 4. The largest absolute Gasteiger partial charge is 0.462 e. The van der Waals surface area contributed by atoms with E-state index in [0.29, 0.717) is 6.42 Å². The number of esters is 1. The second-order valence-electron chi connectivity index (χ2n) is 3.71. The monoisotopic (exact) mass is 229 g/mol. The summed E-state index contributed by atoms with van der Waals surface area (Å²) in [5.41, 5.74) is 8.50. The molecule has 0 saturated carbocycles. The van der Waals surface area contributed by atoms with Crippen molar-refractivity contribution >= 4 is 29.0 Å². The number of ether oxygens (including phenoxy) is 1. The van der Waals surface area contributed by atoms with Crippen LogP contribution in [0, 0.1) is 5.92 Å². The lowest BCUT2D eigenvalue weighted by molar-refractivity contribution is -0.143. The quantitative estimate of drug-likeness (QED) is 0.320. The number of rotatable bonds is 3. The van der Waals surface area contributed by atoms with E-state index < -0.39 is 0 Å². The molecule has 84 valence electrons. The molecule has 1 heterocycles. The van der Waals surface area contributed by atoms with Crippen LogP contribution in [0.5, 0.6) is 0 Å². The number of carbonyl (C=O) groups excluding carboxylic acids is 1. The standard InChI is InChI=1S/C9H15N3O2S/c1-5(11-12-9(10)15)3-7-4-6(2)14-8(7)13/h6-7H,3-4H2,1-2H3,(H3,10,12,15)/b11-5-/t6-,7-/m1/s1. The molecule has 0 unspecified atom stereocenters. The minimum Gasteiger partial charge on any atom is -0.462 e. The van der Waals surface area contributed by atoms with E-state index in [1.807, 2.05) is 13.8 Å². The van der Waals surface area contributed by atoms with Crippen molar-refractivity contribution in [3.8, 4) is 0 Å². The average molecular weight is 229 g/mol. The number of thiocarbonyl (C=S) groups is 1. The van der Waals surface area contributed by atoms with Gasteiger partial charge < -0.3 is 10.5 Å². The van der Waals surface area contributed by atoms with Crippen LogP contribution >= 0.6 is 12.2 Å². The number of hydrazone groups is 1. The fourth-order valence-electron chi connectivity index (χ4n) is 1.56. The van der Waals surface area contributed by atoms with Gasteiger partial charge in [-0.1, -0.05) is 0 Å². The number of cyclic esters (lactones) is 1. The topological polar surface area (TPSA) is 76.7 Å². The maximum Gasteiger partial charge on any atom is 0.309 e. The number of nitrogens with two attached hydrogens (primary N) is 1. The molecule has 3 N–H and O–H groups in total. The molecule has 1 rings (SSSR count). The molecule has 15 heavy (non-hydrogen) atoms. The zero-order chi connectivity index (χ0) is 11.4. The van der Waals surface area contributed by atoms with Gasteiger partial charge in [-0.2, -0.15) is 5.10 Å². The fraction of sp³-hybridized carbons (Fsp3) is 0.667. The van der Waals surface area contributed by atoms with Crippen LogP contribution in [0.15, 0.2) is 5.10 Å². The molecule has 1 fully saturated rings. The Morgan fingerprint density at radius 3 is 2.93 bits per heavy atom. The van der Waals surface area contributed by atoms with Crippen LogP contribution in [0.3, 0.4) is 0 Å². The van der Waals surface area contributed by atoms with Crippen LogP contribution in [-0.2, 0) is 9.53 Å². The van der Waals surface area contributed by atoms with Gasteiger partial charge in [0.25, 0.3) is 0 Å². The summed E-state index contributed by atoms with van der Waals surface area (Å²) >= 11 is 4.61. The second-order valence-corrected chi connectivity index (χ2v) is 4.15. The summed E-state index contributed by atoms with van der Waals surface area (Å²) in [7, 11) is 0. The van der Waals surface area contributed by atoms with E-state index in [0.717, 1.165) is 12.1 Å². The molecular weight excluding hydrogens is 214 g/mol. The molecule has 0 radical (unpaired) electrons. The van der Waals surface area contributed by atoms with Gasteiger partial charge in [-0.25, -0.2) is 0 Å². The Morgan fingerprint density at radius 2 is 2.47 bits per heavy atom. The number of nitrogens with zero attached hydrogens (tertiary/aromatic N) is 1. The van der Waals surface area contributed by atoms with Crippen molar-refractivity contribution in [2.75, 3.05) is 0 Å². The molecule has 1 saturated heterocycles. The molecule has 0 aromatic carbocycles. The molecule has 0 spiro atoms. The maximum absolute atomic E-state index is 11.3. The summed E-state index contributed by atoms with van der Waals surface area (Å²) < 4.78 is 5.04. The average Bonchev–Trinajstić information content (AvgIpc) is 2.42. The van der Waals surface area contributed by atoms with Crippen molar-refractivity contribution in [1.29, 1.82) is 0 Å². The third-order valence-corrected chi connectivity index (χ3v) is 2.26. The normalized spacial score (nSPS) is 26.3. The SMILES string of the molecule is C/C(C[C@@H]1C[C@@H](C)OC1=O)=N/NC(N)=S. The van der Waals surface area contributed by atoms with Crippen molar-refractivity contribution in [2.45, 2.75) is 32.8 Å². The van der Waals surface area contributed by atoms with Crippen LogP contribution in [0.1, 0.15) is 26.7 Å². The number of nitrogens with one attached hydrogen (secondary N) is 1. The molecule has 6 heteroatoms. The van der Waals surface area contributed by atoms with E-state index in [1.165, 1.54) is 0 Å². The molecule has 2 atom stereocenters.